The molecule has 114 valence electrons. The minimum Gasteiger partial charge on any atom is -0.339 e. The van der Waals surface area contributed by atoms with Gasteiger partial charge in [0.2, 0.25) is 0 Å². The van der Waals surface area contributed by atoms with Gasteiger partial charge in [-0.15, -0.1) is 0 Å². The van der Waals surface area contributed by atoms with Crippen molar-refractivity contribution < 1.29 is 14.0 Å². The van der Waals surface area contributed by atoms with Crippen LogP contribution >= 0.6 is 11.3 Å². The minimum atomic E-state index is -0.340. The van der Waals surface area contributed by atoms with Gasteiger partial charge in [0.25, 0.3) is 5.91 Å². The second-order valence-corrected chi connectivity index (χ2v) is 6.23. The lowest BCUT2D eigenvalue weighted by Crippen LogP contribution is -2.40. The predicted molar refractivity (Wildman–Crippen MR) is 83.7 cm³/mol. The summed E-state index contributed by atoms with van der Waals surface area (Å²) in [6.07, 6.45) is 1.32. The number of rotatable bonds is 3. The van der Waals surface area contributed by atoms with Crippen LogP contribution < -0.4 is 0 Å². The summed E-state index contributed by atoms with van der Waals surface area (Å²) in [7, 11) is 0. The average Bonchev–Trinajstić information content (AvgIpc) is 3.09. The molecular formula is C17H16FNO2S. The Hall–Kier alpha value is -2.01. The largest absolute Gasteiger partial charge is 0.339 e. The first-order valence-electron chi connectivity index (χ1n) is 7.26. The van der Waals surface area contributed by atoms with Crippen molar-refractivity contribution in [3.8, 4) is 0 Å². The summed E-state index contributed by atoms with van der Waals surface area (Å²) in [6.45, 7) is 1.18. The van der Waals surface area contributed by atoms with Crippen LogP contribution in [-0.2, 0) is 0 Å². The normalized spacial score (nSPS) is 15.8. The molecule has 2 aromatic rings. The molecule has 1 aliphatic heterocycles. The number of likely N-dealkylation sites (tertiary alicyclic amines) is 1. The Labute approximate surface area is 132 Å². The van der Waals surface area contributed by atoms with Crippen molar-refractivity contribution in [1.29, 1.82) is 0 Å². The van der Waals surface area contributed by atoms with E-state index >= 15 is 0 Å². The van der Waals surface area contributed by atoms with E-state index in [1.807, 2.05) is 16.8 Å². The van der Waals surface area contributed by atoms with Crippen LogP contribution in [0.3, 0.4) is 0 Å². The first-order valence-corrected chi connectivity index (χ1v) is 8.20. The van der Waals surface area contributed by atoms with Gasteiger partial charge in [0.05, 0.1) is 5.56 Å². The molecule has 3 rings (SSSR count). The maximum absolute atomic E-state index is 12.9. The van der Waals surface area contributed by atoms with Gasteiger partial charge in [-0.25, -0.2) is 4.39 Å². The molecule has 1 fully saturated rings. The fourth-order valence-corrected chi connectivity index (χ4v) is 3.39. The maximum Gasteiger partial charge on any atom is 0.254 e. The van der Waals surface area contributed by atoms with Crippen molar-refractivity contribution >= 4 is 23.0 Å². The number of halogens is 1. The van der Waals surface area contributed by atoms with Crippen molar-refractivity contribution in [2.75, 3.05) is 13.1 Å². The molecule has 5 heteroatoms. The molecule has 0 radical (unpaired) electrons. The first kappa shape index (κ1) is 14.9. The molecule has 1 aromatic heterocycles. The zero-order chi connectivity index (χ0) is 15.5. The molecule has 0 unspecified atom stereocenters. The van der Waals surface area contributed by atoms with Gasteiger partial charge in [-0.05, 0) is 48.6 Å². The molecule has 0 aliphatic carbocycles. The third kappa shape index (κ3) is 3.09. The molecule has 0 atom stereocenters. The lowest BCUT2D eigenvalue weighted by atomic mass is 9.88. The first-order chi connectivity index (χ1) is 10.6. The summed E-state index contributed by atoms with van der Waals surface area (Å²) < 4.78 is 12.9. The number of hydrogen-bond donors (Lipinski definition) is 0. The molecule has 0 bridgehead atoms. The maximum atomic E-state index is 12.9. The summed E-state index contributed by atoms with van der Waals surface area (Å²) in [4.78, 5) is 26.4. The van der Waals surface area contributed by atoms with Gasteiger partial charge in [-0.2, -0.15) is 11.3 Å². The van der Waals surface area contributed by atoms with Crippen LogP contribution in [0.1, 0.15) is 33.6 Å². The van der Waals surface area contributed by atoms with Crippen LogP contribution in [0.15, 0.2) is 41.1 Å². The number of amides is 1. The number of piperidine rings is 1. The van der Waals surface area contributed by atoms with Gasteiger partial charge in [0.1, 0.15) is 5.82 Å². The van der Waals surface area contributed by atoms with E-state index in [-0.39, 0.29) is 23.4 Å². The van der Waals surface area contributed by atoms with Gasteiger partial charge in [-0.3, -0.25) is 9.59 Å². The van der Waals surface area contributed by atoms with Gasteiger partial charge >= 0.3 is 0 Å². The van der Waals surface area contributed by atoms with E-state index in [1.165, 1.54) is 35.6 Å². The molecule has 1 amide bonds. The van der Waals surface area contributed by atoms with Crippen molar-refractivity contribution in [1.82, 2.24) is 4.90 Å². The molecule has 1 aliphatic rings. The molecule has 22 heavy (non-hydrogen) atoms. The second-order valence-electron chi connectivity index (χ2n) is 5.45. The van der Waals surface area contributed by atoms with Crippen molar-refractivity contribution in [2.45, 2.75) is 12.8 Å². The van der Waals surface area contributed by atoms with E-state index in [1.54, 1.807) is 4.90 Å². The van der Waals surface area contributed by atoms with E-state index in [0.717, 1.165) is 0 Å². The zero-order valence-electron chi connectivity index (χ0n) is 12.0. The number of carbonyl (C=O) groups excluding carboxylic acids is 2. The fourth-order valence-electron chi connectivity index (χ4n) is 2.76. The Morgan fingerprint density at radius 1 is 1.05 bits per heavy atom. The van der Waals surface area contributed by atoms with Gasteiger partial charge in [0.15, 0.2) is 5.78 Å². The number of hydrogen-bond acceptors (Lipinski definition) is 3. The Morgan fingerprint density at radius 3 is 2.32 bits per heavy atom. The van der Waals surface area contributed by atoms with Crippen LogP contribution in [-0.4, -0.2) is 29.7 Å². The topological polar surface area (TPSA) is 37.4 Å². The summed E-state index contributed by atoms with van der Waals surface area (Å²) in [5, 5.41) is 3.73. The average molecular weight is 317 g/mol. The number of Topliss-reactive ketones (excluding diaryl/α,β-unsaturated/α-hetero) is 1. The van der Waals surface area contributed by atoms with E-state index in [2.05, 4.69) is 0 Å². The lowest BCUT2D eigenvalue weighted by molar-refractivity contribution is 0.0651. The van der Waals surface area contributed by atoms with Crippen molar-refractivity contribution in [3.63, 3.8) is 0 Å². The van der Waals surface area contributed by atoms with Gasteiger partial charge in [-0.1, -0.05) is 0 Å². The smallest absolute Gasteiger partial charge is 0.254 e. The number of nitrogens with zero attached hydrogens (tertiary/aromatic N) is 1. The fraction of sp³-hybridized carbons (Fsp3) is 0.294. The lowest BCUT2D eigenvalue weighted by Gasteiger charge is -2.31. The second kappa shape index (κ2) is 6.40. The Kier molecular flexibility index (Phi) is 4.34. The number of carbonyl (C=O) groups is 2. The number of thiophene rings is 1. The SMILES string of the molecule is O=C(c1ccc(F)cc1)C1CCN(C(=O)c2ccsc2)CC1. The standard InChI is InChI=1S/C17H16FNO2S/c18-15-3-1-12(2-4-15)16(20)13-5-8-19(9-6-13)17(21)14-7-10-22-11-14/h1-4,7,10-11,13H,5-6,8-9H2. The molecule has 0 spiro atoms. The van der Waals surface area contributed by atoms with Crippen molar-refractivity contribution in [2.24, 2.45) is 5.92 Å². The highest BCUT2D eigenvalue weighted by Gasteiger charge is 2.28. The van der Waals surface area contributed by atoms with Crippen LogP contribution in [0, 0.1) is 11.7 Å². The van der Waals surface area contributed by atoms with Crippen molar-refractivity contribution in [3.05, 3.63) is 58.0 Å². The van der Waals surface area contributed by atoms with Crippen LogP contribution in [0.2, 0.25) is 0 Å². The number of ketones is 1. The molecule has 1 saturated heterocycles. The Balaban J connectivity index is 1.60. The molecule has 0 N–H and O–H groups in total. The van der Waals surface area contributed by atoms with Crippen LogP contribution in [0.5, 0.6) is 0 Å². The van der Waals surface area contributed by atoms with E-state index in [9.17, 15) is 14.0 Å². The van der Waals surface area contributed by atoms with Crippen LogP contribution in [0.4, 0.5) is 4.39 Å². The highest BCUT2D eigenvalue weighted by Crippen LogP contribution is 2.23. The third-order valence-electron chi connectivity index (χ3n) is 4.05. The quantitative estimate of drug-likeness (QED) is 0.811. The zero-order valence-corrected chi connectivity index (χ0v) is 12.8. The highest BCUT2D eigenvalue weighted by atomic mass is 32.1. The minimum absolute atomic E-state index is 0.0360. The Morgan fingerprint density at radius 2 is 1.73 bits per heavy atom. The van der Waals surface area contributed by atoms with Gasteiger partial charge in [0, 0.05) is 30.0 Å². The summed E-state index contributed by atoms with van der Waals surface area (Å²) >= 11 is 1.50. The molecular weight excluding hydrogens is 301 g/mol. The molecule has 0 saturated carbocycles. The van der Waals surface area contributed by atoms with Gasteiger partial charge < -0.3 is 4.90 Å². The van der Waals surface area contributed by atoms with E-state index in [0.29, 0.717) is 37.1 Å². The number of benzene rings is 1. The van der Waals surface area contributed by atoms with E-state index in [4.69, 9.17) is 0 Å². The molecule has 3 nitrogen and oxygen atoms in total. The predicted octanol–water partition coefficient (Wildman–Crippen LogP) is 3.62. The summed E-state index contributed by atoms with van der Waals surface area (Å²) in [6, 6.07) is 7.49. The van der Waals surface area contributed by atoms with Crippen LogP contribution in [0.25, 0.3) is 0 Å². The summed E-state index contributed by atoms with van der Waals surface area (Å²) in [5.74, 6) is -0.346. The Bertz CT molecular complexity index is 658. The van der Waals surface area contributed by atoms with E-state index < -0.39 is 0 Å². The molecule has 1 aromatic carbocycles. The highest BCUT2D eigenvalue weighted by molar-refractivity contribution is 7.08. The monoisotopic (exact) mass is 317 g/mol. The molecule has 2 heterocycles. The summed E-state index contributed by atoms with van der Waals surface area (Å²) in [5.41, 5.74) is 1.26. The third-order valence-corrected chi connectivity index (χ3v) is 4.73.